The van der Waals surface area contributed by atoms with E-state index in [9.17, 15) is 13.2 Å². The van der Waals surface area contributed by atoms with Crippen LogP contribution in [-0.4, -0.2) is 39.6 Å². The van der Waals surface area contributed by atoms with E-state index in [-0.39, 0.29) is 22.9 Å². The molecule has 4 rings (SSSR count). The Morgan fingerprint density at radius 1 is 1.24 bits per heavy atom. The first-order valence-electron chi connectivity index (χ1n) is 9.69. The standard InChI is InChI=1S/C21H23ClN2O4S/c1-14-11-16-12-15(21(25)23-13-18-3-2-10-28-18)4-9-20(16)24(14)29(26,27)19-7-5-17(22)6-8-19/h4-9,12,14,18H,2-3,10-11,13H2,1H3,(H,23,25)/t14-,18+/m1/s1. The smallest absolute Gasteiger partial charge is 0.264 e. The van der Waals surface area contributed by atoms with E-state index >= 15 is 0 Å². The van der Waals surface area contributed by atoms with Gasteiger partial charge in [-0.25, -0.2) is 8.42 Å². The Bertz CT molecular complexity index is 1020. The van der Waals surface area contributed by atoms with Gasteiger partial charge in [0.25, 0.3) is 15.9 Å². The number of carbonyl (C=O) groups excluding carboxylic acids is 1. The average Bonchev–Trinajstić information content (AvgIpc) is 3.32. The molecule has 2 atom stereocenters. The number of halogens is 1. The summed E-state index contributed by atoms with van der Waals surface area (Å²) >= 11 is 5.89. The molecule has 0 spiro atoms. The van der Waals surface area contributed by atoms with Crippen molar-refractivity contribution in [2.24, 2.45) is 0 Å². The molecule has 1 amide bonds. The van der Waals surface area contributed by atoms with Crippen LogP contribution in [0.25, 0.3) is 0 Å². The van der Waals surface area contributed by atoms with Crippen molar-refractivity contribution in [3.8, 4) is 0 Å². The molecule has 0 saturated carbocycles. The predicted octanol–water partition coefficient (Wildman–Crippen LogP) is 3.39. The van der Waals surface area contributed by atoms with Gasteiger partial charge in [0.15, 0.2) is 0 Å². The molecular weight excluding hydrogens is 412 g/mol. The first-order chi connectivity index (χ1) is 13.9. The molecule has 29 heavy (non-hydrogen) atoms. The van der Waals surface area contributed by atoms with Gasteiger partial charge in [-0.2, -0.15) is 0 Å². The third kappa shape index (κ3) is 3.99. The molecule has 0 unspecified atom stereocenters. The fourth-order valence-electron chi connectivity index (χ4n) is 3.94. The molecule has 2 heterocycles. The van der Waals surface area contributed by atoms with Crippen LogP contribution >= 0.6 is 11.6 Å². The lowest BCUT2D eigenvalue weighted by atomic mass is 10.1. The van der Waals surface area contributed by atoms with Crippen molar-refractivity contribution in [2.75, 3.05) is 17.5 Å². The van der Waals surface area contributed by atoms with E-state index in [2.05, 4.69) is 5.32 Å². The van der Waals surface area contributed by atoms with E-state index in [1.807, 2.05) is 6.92 Å². The minimum atomic E-state index is -3.71. The fourth-order valence-corrected chi connectivity index (χ4v) is 5.76. The monoisotopic (exact) mass is 434 g/mol. The Kier molecular flexibility index (Phi) is 5.55. The summed E-state index contributed by atoms with van der Waals surface area (Å²) in [6, 6.07) is 11.1. The van der Waals surface area contributed by atoms with E-state index in [1.165, 1.54) is 16.4 Å². The number of fused-ring (bicyclic) bond motifs is 1. The molecule has 8 heteroatoms. The number of anilines is 1. The zero-order valence-corrected chi connectivity index (χ0v) is 17.7. The Morgan fingerprint density at radius 2 is 2.00 bits per heavy atom. The highest BCUT2D eigenvalue weighted by molar-refractivity contribution is 7.92. The van der Waals surface area contributed by atoms with Crippen LogP contribution in [0.15, 0.2) is 47.4 Å². The SMILES string of the molecule is C[C@@H]1Cc2cc(C(=O)NC[C@@H]3CCCO3)ccc2N1S(=O)(=O)c1ccc(Cl)cc1. The first kappa shape index (κ1) is 20.2. The Morgan fingerprint density at radius 3 is 2.69 bits per heavy atom. The third-order valence-corrected chi connectivity index (χ3v) is 7.57. The molecule has 2 aliphatic heterocycles. The van der Waals surface area contributed by atoms with Crippen LogP contribution in [0.3, 0.4) is 0 Å². The highest BCUT2D eigenvalue weighted by atomic mass is 35.5. The zero-order valence-electron chi connectivity index (χ0n) is 16.1. The highest BCUT2D eigenvalue weighted by Gasteiger charge is 2.36. The topological polar surface area (TPSA) is 75.7 Å². The number of rotatable bonds is 5. The number of hydrogen-bond donors (Lipinski definition) is 1. The second kappa shape index (κ2) is 7.97. The Balaban J connectivity index is 1.56. The average molecular weight is 435 g/mol. The number of sulfonamides is 1. The molecular formula is C21H23ClN2O4S. The van der Waals surface area contributed by atoms with E-state index in [0.717, 1.165) is 25.0 Å². The third-order valence-electron chi connectivity index (χ3n) is 5.38. The minimum Gasteiger partial charge on any atom is -0.376 e. The van der Waals surface area contributed by atoms with E-state index in [4.69, 9.17) is 16.3 Å². The summed E-state index contributed by atoms with van der Waals surface area (Å²) in [6.07, 6.45) is 2.61. The summed E-state index contributed by atoms with van der Waals surface area (Å²) in [4.78, 5) is 12.7. The second-order valence-corrected chi connectivity index (χ2v) is 9.75. The van der Waals surface area contributed by atoms with E-state index in [0.29, 0.717) is 29.2 Å². The normalized spacial score (nSPS) is 21.2. The number of nitrogens with zero attached hydrogens (tertiary/aromatic N) is 1. The van der Waals surface area contributed by atoms with Crippen molar-refractivity contribution in [3.63, 3.8) is 0 Å². The molecule has 0 radical (unpaired) electrons. The molecule has 2 aromatic carbocycles. The van der Waals surface area contributed by atoms with Crippen LogP contribution in [0.1, 0.15) is 35.7 Å². The van der Waals surface area contributed by atoms with Gasteiger partial charge in [0, 0.05) is 29.8 Å². The largest absolute Gasteiger partial charge is 0.376 e. The first-order valence-corrected chi connectivity index (χ1v) is 11.5. The molecule has 1 N–H and O–H groups in total. The molecule has 1 saturated heterocycles. The summed E-state index contributed by atoms with van der Waals surface area (Å²) in [5.41, 5.74) is 1.99. The molecule has 0 aliphatic carbocycles. The van der Waals surface area contributed by atoms with Crippen LogP contribution in [-0.2, 0) is 21.2 Å². The van der Waals surface area contributed by atoms with Crippen LogP contribution in [0.5, 0.6) is 0 Å². The number of ether oxygens (including phenoxy) is 1. The van der Waals surface area contributed by atoms with Gasteiger partial charge >= 0.3 is 0 Å². The van der Waals surface area contributed by atoms with Crippen molar-refractivity contribution in [1.82, 2.24) is 5.32 Å². The highest BCUT2D eigenvalue weighted by Crippen LogP contribution is 2.37. The Labute approximate surface area is 175 Å². The molecule has 6 nitrogen and oxygen atoms in total. The summed E-state index contributed by atoms with van der Waals surface area (Å²) in [6.45, 7) is 3.10. The van der Waals surface area contributed by atoms with Crippen molar-refractivity contribution in [1.29, 1.82) is 0 Å². The van der Waals surface area contributed by atoms with Gasteiger partial charge < -0.3 is 10.1 Å². The quantitative estimate of drug-likeness (QED) is 0.782. The van der Waals surface area contributed by atoms with Crippen LogP contribution in [0.2, 0.25) is 5.02 Å². The van der Waals surface area contributed by atoms with E-state index in [1.54, 1.807) is 30.3 Å². The van der Waals surface area contributed by atoms with Gasteiger partial charge in [-0.15, -0.1) is 0 Å². The molecule has 2 aromatic rings. The summed E-state index contributed by atoms with van der Waals surface area (Å²) in [5, 5.41) is 3.39. The maximum atomic E-state index is 13.2. The summed E-state index contributed by atoms with van der Waals surface area (Å²) in [5.74, 6) is -0.171. The minimum absolute atomic E-state index is 0.0772. The van der Waals surface area contributed by atoms with Crippen LogP contribution < -0.4 is 9.62 Å². The molecule has 154 valence electrons. The number of hydrogen-bond acceptors (Lipinski definition) is 4. The maximum Gasteiger partial charge on any atom is 0.264 e. The van der Waals surface area contributed by atoms with E-state index < -0.39 is 10.0 Å². The van der Waals surface area contributed by atoms with Gasteiger partial charge in [0.2, 0.25) is 0 Å². The van der Waals surface area contributed by atoms with Gasteiger partial charge in [-0.3, -0.25) is 9.10 Å². The van der Waals surface area contributed by atoms with Crippen LogP contribution in [0, 0.1) is 0 Å². The van der Waals surface area contributed by atoms with Crippen molar-refractivity contribution in [3.05, 3.63) is 58.6 Å². The Hall–Kier alpha value is -2.09. The predicted molar refractivity (Wildman–Crippen MR) is 112 cm³/mol. The molecule has 0 aromatic heterocycles. The molecule has 1 fully saturated rings. The number of amides is 1. The lowest BCUT2D eigenvalue weighted by Crippen LogP contribution is -2.35. The lowest BCUT2D eigenvalue weighted by molar-refractivity contribution is 0.0857. The van der Waals surface area contributed by atoms with Crippen molar-refractivity contribution < 1.29 is 17.9 Å². The van der Waals surface area contributed by atoms with Gasteiger partial charge in [-0.05, 0) is 74.2 Å². The number of nitrogens with one attached hydrogen (secondary N) is 1. The van der Waals surface area contributed by atoms with Crippen LogP contribution in [0.4, 0.5) is 5.69 Å². The summed E-state index contributed by atoms with van der Waals surface area (Å²) < 4.78 is 33.3. The van der Waals surface area contributed by atoms with Gasteiger partial charge in [0.1, 0.15) is 0 Å². The summed E-state index contributed by atoms with van der Waals surface area (Å²) in [7, 11) is -3.71. The number of benzene rings is 2. The second-order valence-electron chi connectivity index (χ2n) is 7.50. The number of carbonyl (C=O) groups is 1. The molecule has 2 aliphatic rings. The molecule has 0 bridgehead atoms. The zero-order chi connectivity index (χ0) is 20.6. The van der Waals surface area contributed by atoms with Crippen molar-refractivity contribution >= 4 is 33.2 Å². The lowest BCUT2D eigenvalue weighted by Gasteiger charge is -2.24. The van der Waals surface area contributed by atoms with Crippen molar-refractivity contribution in [2.45, 2.75) is 43.2 Å². The maximum absolute atomic E-state index is 13.2. The van der Waals surface area contributed by atoms with Gasteiger partial charge in [0.05, 0.1) is 16.7 Å². The van der Waals surface area contributed by atoms with Gasteiger partial charge in [-0.1, -0.05) is 11.6 Å². The fraction of sp³-hybridized carbons (Fsp3) is 0.381.